The SMILES string of the molecule is CC(=O)N1CCC([C@H]2CNC[C@@H]2COc2ccccc2)CC1.Cl. The number of rotatable bonds is 4. The minimum absolute atomic E-state index is 0. The van der Waals surface area contributed by atoms with Crippen molar-refractivity contribution in [1.29, 1.82) is 0 Å². The van der Waals surface area contributed by atoms with Crippen LogP contribution in [-0.2, 0) is 4.79 Å². The molecule has 5 heteroatoms. The van der Waals surface area contributed by atoms with E-state index in [1.54, 1.807) is 6.92 Å². The van der Waals surface area contributed by atoms with Gasteiger partial charge in [0.1, 0.15) is 5.75 Å². The molecule has 2 fully saturated rings. The van der Waals surface area contributed by atoms with Crippen LogP contribution in [0.2, 0.25) is 0 Å². The van der Waals surface area contributed by atoms with Gasteiger partial charge in [0.05, 0.1) is 6.61 Å². The van der Waals surface area contributed by atoms with E-state index in [-0.39, 0.29) is 18.3 Å². The van der Waals surface area contributed by atoms with Crippen molar-refractivity contribution in [3.05, 3.63) is 30.3 Å². The Balaban J connectivity index is 0.00000192. The number of halogens is 1. The van der Waals surface area contributed by atoms with Crippen molar-refractivity contribution in [2.75, 3.05) is 32.8 Å². The van der Waals surface area contributed by atoms with E-state index in [1.165, 1.54) is 0 Å². The fourth-order valence-corrected chi connectivity index (χ4v) is 3.85. The maximum absolute atomic E-state index is 11.4. The molecule has 2 aliphatic rings. The van der Waals surface area contributed by atoms with Crippen LogP contribution in [0.3, 0.4) is 0 Å². The van der Waals surface area contributed by atoms with Crippen LogP contribution in [0.4, 0.5) is 0 Å². The second-order valence-corrected chi connectivity index (χ2v) is 6.55. The van der Waals surface area contributed by atoms with E-state index < -0.39 is 0 Å². The lowest BCUT2D eigenvalue weighted by molar-refractivity contribution is -0.130. The molecule has 2 saturated heterocycles. The zero-order chi connectivity index (χ0) is 15.4. The highest BCUT2D eigenvalue weighted by atomic mass is 35.5. The summed E-state index contributed by atoms with van der Waals surface area (Å²) >= 11 is 0. The van der Waals surface area contributed by atoms with Crippen LogP contribution in [0.25, 0.3) is 0 Å². The normalized spacial score (nSPS) is 25.0. The number of carbonyl (C=O) groups excluding carboxylic acids is 1. The number of benzene rings is 1. The number of hydrogen-bond donors (Lipinski definition) is 1. The first kappa shape index (κ1) is 18.1. The molecule has 0 aromatic heterocycles. The molecule has 2 atom stereocenters. The van der Waals surface area contributed by atoms with E-state index in [0.717, 1.165) is 57.3 Å². The van der Waals surface area contributed by atoms with Gasteiger partial charge in [0.2, 0.25) is 5.91 Å². The fraction of sp³-hybridized carbons (Fsp3) is 0.611. The van der Waals surface area contributed by atoms with Crippen LogP contribution in [0.15, 0.2) is 30.3 Å². The zero-order valence-corrected chi connectivity index (χ0v) is 14.6. The molecule has 1 N–H and O–H groups in total. The second kappa shape index (κ2) is 8.55. The first-order valence-corrected chi connectivity index (χ1v) is 8.38. The maximum atomic E-state index is 11.4. The standard InChI is InChI=1S/C18H26N2O2.ClH/c1-14(21)20-9-7-15(8-10-20)18-12-19-11-16(18)13-22-17-5-3-2-4-6-17;/h2-6,15-16,18-19H,7-13H2,1H3;1H/t16-,18-;/m1./s1. The molecule has 0 saturated carbocycles. The summed E-state index contributed by atoms with van der Waals surface area (Å²) in [5.74, 6) is 3.15. The van der Waals surface area contributed by atoms with E-state index in [9.17, 15) is 4.79 Å². The Kier molecular flexibility index (Phi) is 6.72. The summed E-state index contributed by atoms with van der Waals surface area (Å²) in [5.41, 5.74) is 0. The number of likely N-dealkylation sites (tertiary alicyclic amines) is 1. The van der Waals surface area contributed by atoms with Gasteiger partial charge in [-0.15, -0.1) is 12.4 Å². The molecule has 0 unspecified atom stereocenters. The molecule has 0 aliphatic carbocycles. The first-order valence-electron chi connectivity index (χ1n) is 8.38. The summed E-state index contributed by atoms with van der Waals surface area (Å²) in [6.07, 6.45) is 2.27. The average molecular weight is 339 g/mol. The summed E-state index contributed by atoms with van der Waals surface area (Å²) in [5, 5.41) is 3.53. The summed E-state index contributed by atoms with van der Waals surface area (Å²) in [6, 6.07) is 10.1. The van der Waals surface area contributed by atoms with Crippen LogP contribution in [0, 0.1) is 17.8 Å². The summed E-state index contributed by atoms with van der Waals surface area (Å²) < 4.78 is 5.97. The Labute approximate surface area is 145 Å². The van der Waals surface area contributed by atoms with Crippen LogP contribution in [0.1, 0.15) is 19.8 Å². The van der Waals surface area contributed by atoms with Crippen LogP contribution in [-0.4, -0.2) is 43.6 Å². The molecule has 0 spiro atoms. The molecule has 0 bridgehead atoms. The average Bonchev–Trinajstić information content (AvgIpc) is 3.02. The number of ether oxygens (including phenoxy) is 1. The van der Waals surface area contributed by atoms with E-state index in [2.05, 4.69) is 5.32 Å². The Morgan fingerprint density at radius 3 is 2.57 bits per heavy atom. The highest BCUT2D eigenvalue weighted by molar-refractivity contribution is 5.85. The van der Waals surface area contributed by atoms with Crippen molar-refractivity contribution in [1.82, 2.24) is 10.2 Å². The number of para-hydroxylation sites is 1. The number of hydrogen-bond acceptors (Lipinski definition) is 3. The highest BCUT2D eigenvalue weighted by Crippen LogP contribution is 2.33. The summed E-state index contributed by atoms with van der Waals surface area (Å²) in [6.45, 7) is 6.44. The zero-order valence-electron chi connectivity index (χ0n) is 13.7. The number of nitrogens with zero attached hydrogens (tertiary/aromatic N) is 1. The van der Waals surface area contributed by atoms with Gasteiger partial charge in [-0.25, -0.2) is 0 Å². The molecule has 3 rings (SSSR count). The van der Waals surface area contributed by atoms with Gasteiger partial charge in [-0.1, -0.05) is 18.2 Å². The lowest BCUT2D eigenvalue weighted by Crippen LogP contribution is -2.40. The molecule has 128 valence electrons. The van der Waals surface area contributed by atoms with E-state index in [4.69, 9.17) is 4.74 Å². The second-order valence-electron chi connectivity index (χ2n) is 6.55. The van der Waals surface area contributed by atoms with Crippen molar-refractivity contribution in [2.45, 2.75) is 19.8 Å². The molecule has 0 radical (unpaired) electrons. The Bertz CT molecular complexity index is 489. The van der Waals surface area contributed by atoms with E-state index >= 15 is 0 Å². The minimum Gasteiger partial charge on any atom is -0.493 e. The van der Waals surface area contributed by atoms with Crippen molar-refractivity contribution >= 4 is 18.3 Å². The topological polar surface area (TPSA) is 41.6 Å². The van der Waals surface area contributed by atoms with Gasteiger partial charge in [0.15, 0.2) is 0 Å². The van der Waals surface area contributed by atoms with Crippen molar-refractivity contribution in [3.8, 4) is 5.75 Å². The van der Waals surface area contributed by atoms with Gasteiger partial charge in [0, 0.05) is 32.5 Å². The maximum Gasteiger partial charge on any atom is 0.219 e. The number of amides is 1. The Morgan fingerprint density at radius 1 is 1.22 bits per heavy atom. The van der Waals surface area contributed by atoms with Gasteiger partial charge < -0.3 is 15.0 Å². The first-order chi connectivity index (χ1) is 10.7. The molecular formula is C18H27ClN2O2. The quantitative estimate of drug-likeness (QED) is 0.917. The van der Waals surface area contributed by atoms with Gasteiger partial charge >= 0.3 is 0 Å². The predicted molar refractivity (Wildman–Crippen MR) is 94.0 cm³/mol. The molecule has 1 aromatic rings. The molecule has 4 nitrogen and oxygen atoms in total. The lowest BCUT2D eigenvalue weighted by atomic mass is 9.79. The van der Waals surface area contributed by atoms with Crippen LogP contribution < -0.4 is 10.1 Å². The number of carbonyl (C=O) groups is 1. The summed E-state index contributed by atoms with van der Waals surface area (Å²) in [7, 11) is 0. The third kappa shape index (κ3) is 4.61. The van der Waals surface area contributed by atoms with Crippen molar-refractivity contribution in [2.24, 2.45) is 17.8 Å². The lowest BCUT2D eigenvalue weighted by Gasteiger charge is -2.36. The third-order valence-corrected chi connectivity index (χ3v) is 5.19. The van der Waals surface area contributed by atoms with Gasteiger partial charge in [-0.05, 0) is 43.4 Å². The Hall–Kier alpha value is -1.26. The molecular weight excluding hydrogens is 312 g/mol. The molecule has 2 heterocycles. The van der Waals surface area contributed by atoms with Crippen molar-refractivity contribution < 1.29 is 9.53 Å². The van der Waals surface area contributed by atoms with E-state index in [1.807, 2.05) is 35.2 Å². The monoisotopic (exact) mass is 338 g/mol. The minimum atomic E-state index is 0. The predicted octanol–water partition coefficient (Wildman–Crippen LogP) is 2.58. The third-order valence-electron chi connectivity index (χ3n) is 5.19. The smallest absolute Gasteiger partial charge is 0.219 e. The number of piperidine rings is 1. The van der Waals surface area contributed by atoms with Crippen molar-refractivity contribution in [3.63, 3.8) is 0 Å². The molecule has 2 aliphatic heterocycles. The van der Waals surface area contributed by atoms with Gasteiger partial charge in [0.25, 0.3) is 0 Å². The molecule has 1 amide bonds. The molecule has 1 aromatic carbocycles. The largest absolute Gasteiger partial charge is 0.493 e. The number of nitrogens with one attached hydrogen (secondary N) is 1. The van der Waals surface area contributed by atoms with Crippen LogP contribution in [0.5, 0.6) is 5.75 Å². The Morgan fingerprint density at radius 2 is 1.91 bits per heavy atom. The fourth-order valence-electron chi connectivity index (χ4n) is 3.85. The van der Waals surface area contributed by atoms with E-state index in [0.29, 0.717) is 11.8 Å². The van der Waals surface area contributed by atoms with Gasteiger partial charge in [-0.3, -0.25) is 4.79 Å². The summed E-state index contributed by atoms with van der Waals surface area (Å²) in [4.78, 5) is 13.4. The highest BCUT2D eigenvalue weighted by Gasteiger charge is 2.36. The van der Waals surface area contributed by atoms with Crippen LogP contribution >= 0.6 is 12.4 Å². The molecule has 23 heavy (non-hydrogen) atoms. The van der Waals surface area contributed by atoms with Gasteiger partial charge in [-0.2, -0.15) is 0 Å².